The first kappa shape index (κ1) is 14.0. The van der Waals surface area contributed by atoms with Crippen molar-refractivity contribution < 1.29 is 14.3 Å². The predicted molar refractivity (Wildman–Crippen MR) is 81.1 cm³/mol. The van der Waals surface area contributed by atoms with E-state index in [9.17, 15) is 4.79 Å². The Balaban J connectivity index is 0.00000156. The number of benzene rings is 2. The SMILES string of the molecule is COC(=O)C[C-]1Oc2ccccc2-c2nc3ccccc3n21.[Rf]. The fourth-order valence-electron chi connectivity index (χ4n) is 2.68. The van der Waals surface area contributed by atoms with E-state index in [0.717, 1.165) is 22.4 Å². The molecule has 1 aliphatic heterocycles. The van der Waals surface area contributed by atoms with E-state index in [1.807, 2.05) is 53.1 Å². The number of nitrogens with zero attached hydrogens (tertiary/aromatic N) is 2. The van der Waals surface area contributed by atoms with Crippen LogP contribution in [-0.4, -0.2) is 22.6 Å². The normalized spacial score (nSPS) is 12.0. The number of ether oxygens (including phenoxy) is 2. The van der Waals surface area contributed by atoms with E-state index in [1.165, 1.54) is 7.11 Å². The average Bonchev–Trinajstić information content (AvgIpc) is 2.95. The van der Waals surface area contributed by atoms with E-state index in [0.29, 0.717) is 12.0 Å². The number of esters is 1. The van der Waals surface area contributed by atoms with Crippen molar-refractivity contribution in [1.29, 1.82) is 0 Å². The molecule has 0 atom stereocenters. The summed E-state index contributed by atoms with van der Waals surface area (Å²) in [6.07, 6.45) is 0.562. The molecule has 2 aromatic carbocycles. The minimum Gasteiger partial charge on any atom is -0.503 e. The zero-order valence-electron chi connectivity index (χ0n) is 12.7. The Morgan fingerprint density at radius 1 is 1.22 bits per heavy atom. The molecule has 3 aromatic rings. The zero-order valence-corrected chi connectivity index (χ0v) is 19.1. The summed E-state index contributed by atoms with van der Waals surface area (Å²) < 4.78 is 12.6. The van der Waals surface area contributed by atoms with Gasteiger partial charge in [0.2, 0.25) is 0 Å². The maximum absolute atomic E-state index is 11.7. The average molecular weight is 560 g/mol. The van der Waals surface area contributed by atoms with Crippen LogP contribution in [0, 0.1) is 6.23 Å². The van der Waals surface area contributed by atoms with Gasteiger partial charge in [0.05, 0.1) is 19.8 Å². The smallest absolute Gasteiger partial charge is 0.302 e. The van der Waals surface area contributed by atoms with Crippen LogP contribution < -0.4 is 4.74 Å². The second-order valence-corrected chi connectivity index (χ2v) is 5.00. The summed E-state index contributed by atoms with van der Waals surface area (Å²) in [5.41, 5.74) is 2.68. The van der Waals surface area contributed by atoms with Crippen LogP contribution in [0.3, 0.4) is 0 Å². The van der Waals surface area contributed by atoms with E-state index in [-0.39, 0.29) is 12.4 Å². The van der Waals surface area contributed by atoms with Crippen molar-refractivity contribution in [3.05, 3.63) is 54.8 Å². The summed E-state index contributed by atoms with van der Waals surface area (Å²) in [7, 11) is 1.37. The number of methoxy groups -OCH3 is 1. The summed E-state index contributed by atoms with van der Waals surface area (Å²) in [6.45, 7) is 0. The van der Waals surface area contributed by atoms with Crippen LogP contribution in [0.15, 0.2) is 48.5 Å². The summed E-state index contributed by atoms with van der Waals surface area (Å²) in [6, 6.07) is 15.4. The van der Waals surface area contributed by atoms with Crippen molar-refractivity contribution in [2.45, 2.75) is 6.42 Å². The molecule has 23 heavy (non-hydrogen) atoms. The largest absolute Gasteiger partial charge is 0.503 e. The van der Waals surface area contributed by atoms with Crippen molar-refractivity contribution in [2.24, 2.45) is 0 Å². The van der Waals surface area contributed by atoms with Gasteiger partial charge in [-0.15, -0.1) is 0 Å². The van der Waals surface area contributed by atoms with Crippen molar-refractivity contribution in [3.8, 4) is 17.1 Å². The second-order valence-electron chi connectivity index (χ2n) is 5.00. The van der Waals surface area contributed by atoms with Gasteiger partial charge in [-0.1, -0.05) is 36.4 Å². The molecule has 0 N–H and O–H groups in total. The Bertz CT molecular complexity index is 875. The van der Waals surface area contributed by atoms with Crippen LogP contribution in [0.5, 0.6) is 5.75 Å². The van der Waals surface area contributed by atoms with E-state index in [2.05, 4.69) is 4.98 Å². The third-order valence-electron chi connectivity index (χ3n) is 3.69. The molecule has 2 heterocycles. The number of hydrogen-bond acceptors (Lipinski definition) is 4. The van der Waals surface area contributed by atoms with E-state index in [4.69, 9.17) is 9.47 Å². The molecular weight excluding hydrogens is 547 g/mol. The molecule has 0 amide bonds. The van der Waals surface area contributed by atoms with Gasteiger partial charge in [0.1, 0.15) is 5.75 Å². The number of carbonyl (C=O) groups is 1. The van der Waals surface area contributed by atoms with Crippen molar-refractivity contribution in [1.82, 2.24) is 9.55 Å². The van der Waals surface area contributed by atoms with Crippen LogP contribution in [0.4, 0.5) is 0 Å². The molecule has 5 nitrogen and oxygen atoms in total. The first-order valence-corrected chi connectivity index (χ1v) is 6.95. The van der Waals surface area contributed by atoms with Gasteiger partial charge in [-0.05, 0) is 17.6 Å². The minimum absolute atomic E-state index is 0. The van der Waals surface area contributed by atoms with E-state index < -0.39 is 0 Å². The first-order chi connectivity index (χ1) is 10.8. The van der Waals surface area contributed by atoms with Gasteiger partial charge >= 0.3 is 5.97 Å². The maximum atomic E-state index is 11.7. The molecule has 0 saturated heterocycles. The molecule has 0 radical (unpaired) electrons. The molecule has 0 unspecified atom stereocenters. The van der Waals surface area contributed by atoms with Gasteiger partial charge in [0.25, 0.3) is 0 Å². The summed E-state index contributed by atoms with van der Waals surface area (Å²) in [4.78, 5) is 16.4. The molecular formula is C17H13N2O3Rf-. The molecule has 6 heteroatoms. The van der Waals surface area contributed by atoms with Crippen LogP contribution >= 0.6 is 0 Å². The van der Waals surface area contributed by atoms with E-state index >= 15 is 0 Å². The number of rotatable bonds is 2. The third kappa shape index (κ3) is 2.01. The molecule has 0 bridgehead atoms. The second kappa shape index (κ2) is 5.11. The van der Waals surface area contributed by atoms with Crippen molar-refractivity contribution in [2.75, 3.05) is 7.11 Å². The summed E-state index contributed by atoms with van der Waals surface area (Å²) >= 11 is 0. The molecule has 112 valence electrons. The quantitative estimate of drug-likeness (QED) is 0.358. The number of fused-ring (bicyclic) bond motifs is 5. The Morgan fingerprint density at radius 3 is 2.78 bits per heavy atom. The Kier molecular flexibility index (Phi) is 3.11. The monoisotopic (exact) mass is 560 g/mol. The number of imidazole rings is 1. The molecule has 1 aromatic heterocycles. The molecule has 0 saturated carbocycles. The Labute approximate surface area is 127 Å². The third-order valence-corrected chi connectivity index (χ3v) is 3.69. The number of aromatic nitrogens is 2. The molecule has 1 aliphatic rings. The van der Waals surface area contributed by atoms with Gasteiger partial charge in [-0.25, -0.2) is 0 Å². The molecule has 0 fully saturated rings. The maximum Gasteiger partial charge on any atom is 0.302 e. The Hall–Kier alpha value is -3.95. The molecule has 0 aliphatic carbocycles. The standard InChI is InChI=1S/C17H13N2O3.Rf/c1-21-16(20)10-15-19-13-8-4-3-7-12(13)18-17(19)11-6-2-5-9-14(11)22-15;/h2-9H,10H2,1H3;/q-1;. The number of hydrogen-bond donors (Lipinski definition) is 0. The van der Waals surface area contributed by atoms with Gasteiger partial charge in [0.15, 0.2) is 0 Å². The van der Waals surface area contributed by atoms with Crippen LogP contribution in [0.1, 0.15) is 6.42 Å². The van der Waals surface area contributed by atoms with Crippen LogP contribution in [-0.2, 0) is 9.53 Å². The van der Waals surface area contributed by atoms with Gasteiger partial charge < -0.3 is 19.0 Å². The van der Waals surface area contributed by atoms with Crippen LogP contribution in [0.2, 0.25) is 0 Å². The fraction of sp³-hybridized carbons (Fsp3) is 0.118. The number of carbonyl (C=O) groups excluding carboxylic acids is 1. The fourth-order valence-corrected chi connectivity index (χ4v) is 2.68. The van der Waals surface area contributed by atoms with Crippen molar-refractivity contribution in [3.63, 3.8) is 0 Å². The predicted octanol–water partition coefficient (Wildman–Crippen LogP) is 3.00. The minimum atomic E-state index is -0.349. The molecule has 0 spiro atoms. The van der Waals surface area contributed by atoms with E-state index in [1.54, 1.807) is 0 Å². The molecule has 4 rings (SSSR count). The summed E-state index contributed by atoms with van der Waals surface area (Å²) in [5.74, 6) is 1.13. The summed E-state index contributed by atoms with van der Waals surface area (Å²) in [5, 5.41) is 0. The van der Waals surface area contributed by atoms with Gasteiger partial charge in [-0.2, -0.15) is 0 Å². The Morgan fingerprint density at radius 2 is 1.96 bits per heavy atom. The first-order valence-electron chi connectivity index (χ1n) is 6.95. The topological polar surface area (TPSA) is 53.4 Å². The zero-order chi connectivity index (χ0) is 15.1. The number of para-hydroxylation sites is 3. The van der Waals surface area contributed by atoms with Crippen molar-refractivity contribution >= 4 is 17.0 Å². The van der Waals surface area contributed by atoms with Crippen LogP contribution in [0.25, 0.3) is 22.4 Å². The van der Waals surface area contributed by atoms with Gasteiger partial charge in [0, 0.05) is 16.9 Å². The van der Waals surface area contributed by atoms with Gasteiger partial charge in [-0.3, -0.25) is 4.79 Å².